The molecule has 5 aromatic carbocycles. The minimum atomic E-state index is 1.10. The molecule has 0 aliphatic heterocycles. The van der Waals surface area contributed by atoms with Crippen LogP contribution < -0.4 is 0 Å². The van der Waals surface area contributed by atoms with Crippen LogP contribution in [0.25, 0.3) is 69.3 Å². The molecule has 34 heavy (non-hydrogen) atoms. The van der Waals surface area contributed by atoms with E-state index in [4.69, 9.17) is 4.98 Å². The molecule has 0 N–H and O–H groups in total. The summed E-state index contributed by atoms with van der Waals surface area (Å²) in [6, 6.07) is 37.3. The Bertz CT molecular complexity index is 2080. The third-order valence-electron chi connectivity index (χ3n) is 6.98. The van der Waals surface area contributed by atoms with Crippen molar-refractivity contribution in [1.29, 1.82) is 0 Å². The fourth-order valence-electron chi connectivity index (χ4n) is 5.41. The van der Waals surface area contributed by atoms with Crippen LogP contribution in [0.1, 0.15) is 0 Å². The van der Waals surface area contributed by atoms with Gasteiger partial charge in [0.05, 0.1) is 21.3 Å². The van der Waals surface area contributed by atoms with E-state index in [1.54, 1.807) is 0 Å². The van der Waals surface area contributed by atoms with Gasteiger partial charge in [0.15, 0.2) is 0 Å². The van der Waals surface area contributed by atoms with Gasteiger partial charge in [-0.2, -0.15) is 0 Å². The zero-order valence-corrected chi connectivity index (χ0v) is 19.0. The highest BCUT2D eigenvalue weighted by molar-refractivity contribution is 7.26. The molecule has 0 saturated carbocycles. The summed E-state index contributed by atoms with van der Waals surface area (Å²) in [5.74, 6) is 0. The Kier molecular flexibility index (Phi) is 3.57. The predicted octanol–water partition coefficient (Wildman–Crippen LogP) is 8.85. The van der Waals surface area contributed by atoms with Crippen LogP contribution in [-0.4, -0.2) is 9.55 Å². The Morgan fingerprint density at radius 2 is 1.32 bits per heavy atom. The number of nitrogens with zero attached hydrogens (tertiary/aromatic N) is 2. The number of hydrogen-bond acceptors (Lipinski definition) is 2. The molecule has 0 unspecified atom stereocenters. The second-order valence-corrected chi connectivity index (χ2v) is 9.93. The van der Waals surface area contributed by atoms with Crippen molar-refractivity contribution in [2.45, 2.75) is 0 Å². The van der Waals surface area contributed by atoms with Crippen LogP contribution in [0.4, 0.5) is 0 Å². The van der Waals surface area contributed by atoms with E-state index in [2.05, 4.69) is 108 Å². The van der Waals surface area contributed by atoms with Gasteiger partial charge in [-0.25, -0.2) is 0 Å². The molecule has 0 fully saturated rings. The van der Waals surface area contributed by atoms with E-state index in [0.29, 0.717) is 0 Å². The highest BCUT2D eigenvalue weighted by Crippen LogP contribution is 2.39. The molecule has 0 aliphatic carbocycles. The van der Waals surface area contributed by atoms with E-state index in [1.165, 1.54) is 58.1 Å². The van der Waals surface area contributed by atoms with Crippen LogP contribution in [0.15, 0.2) is 109 Å². The molecular weight excluding hydrogens is 432 g/mol. The lowest BCUT2D eigenvalue weighted by atomic mass is 10.1. The molecule has 3 heteroatoms. The zero-order chi connectivity index (χ0) is 22.2. The smallest absolute Gasteiger partial charge is 0.0894 e. The molecule has 0 aliphatic rings. The maximum absolute atomic E-state index is 4.89. The van der Waals surface area contributed by atoms with Crippen molar-refractivity contribution in [3.05, 3.63) is 109 Å². The van der Waals surface area contributed by atoms with Crippen LogP contribution >= 0.6 is 11.3 Å². The Morgan fingerprint density at radius 3 is 2.24 bits per heavy atom. The molecule has 0 atom stereocenters. The first kappa shape index (κ1) is 18.2. The minimum absolute atomic E-state index is 1.10. The number of benzene rings is 5. The largest absolute Gasteiger partial charge is 0.309 e. The van der Waals surface area contributed by atoms with E-state index in [9.17, 15) is 0 Å². The molecule has 0 spiro atoms. The van der Waals surface area contributed by atoms with E-state index >= 15 is 0 Å². The second kappa shape index (κ2) is 6.66. The topological polar surface area (TPSA) is 17.8 Å². The van der Waals surface area contributed by atoms with Crippen molar-refractivity contribution >= 4 is 75.0 Å². The third kappa shape index (κ3) is 2.42. The van der Waals surface area contributed by atoms with E-state index in [-0.39, 0.29) is 0 Å². The number of hydrogen-bond donors (Lipinski definition) is 0. The second-order valence-electron chi connectivity index (χ2n) is 8.87. The van der Waals surface area contributed by atoms with Gasteiger partial charge < -0.3 is 4.57 Å². The lowest BCUT2D eigenvalue weighted by Gasteiger charge is -2.10. The number of aromatic nitrogens is 2. The van der Waals surface area contributed by atoms with Gasteiger partial charge in [-0.1, -0.05) is 66.7 Å². The Labute approximate surface area is 199 Å². The van der Waals surface area contributed by atoms with Crippen LogP contribution in [0.5, 0.6) is 0 Å². The highest BCUT2D eigenvalue weighted by Gasteiger charge is 2.15. The Hall–Kier alpha value is -4.21. The lowest BCUT2D eigenvalue weighted by Crippen LogP contribution is -1.94. The normalized spacial score (nSPS) is 12.1. The standard InChI is InChI=1S/C31H18N2S/c1-2-8-20-17-28-26(16-19(20)7-1)24-9-3-5-11-27(24)33(28)22-13-14-23-21(15-22)18-32-30-25-10-4-6-12-29(25)34-31(23)30/h1-18H. The summed E-state index contributed by atoms with van der Waals surface area (Å²) in [7, 11) is 0. The molecule has 0 amide bonds. The fourth-order valence-corrected chi connectivity index (χ4v) is 6.61. The number of thiophene rings is 1. The van der Waals surface area contributed by atoms with Gasteiger partial charge in [0.1, 0.15) is 0 Å². The zero-order valence-electron chi connectivity index (χ0n) is 18.2. The minimum Gasteiger partial charge on any atom is -0.309 e. The first-order chi connectivity index (χ1) is 16.8. The van der Waals surface area contributed by atoms with Crippen LogP contribution in [0.3, 0.4) is 0 Å². The van der Waals surface area contributed by atoms with Crippen LogP contribution in [0, 0.1) is 0 Å². The molecule has 8 rings (SSSR count). The van der Waals surface area contributed by atoms with Gasteiger partial charge in [0.2, 0.25) is 0 Å². The number of pyridine rings is 1. The maximum atomic E-state index is 4.89. The number of rotatable bonds is 1. The summed E-state index contributed by atoms with van der Waals surface area (Å²) < 4.78 is 4.94. The van der Waals surface area contributed by atoms with E-state index < -0.39 is 0 Å². The summed E-state index contributed by atoms with van der Waals surface area (Å²) in [6.45, 7) is 0. The van der Waals surface area contributed by atoms with Crippen molar-refractivity contribution in [2.24, 2.45) is 0 Å². The van der Waals surface area contributed by atoms with Gasteiger partial charge in [-0.05, 0) is 47.2 Å². The predicted molar refractivity (Wildman–Crippen MR) is 146 cm³/mol. The van der Waals surface area contributed by atoms with Crippen LogP contribution in [0.2, 0.25) is 0 Å². The lowest BCUT2D eigenvalue weighted by molar-refractivity contribution is 1.19. The van der Waals surface area contributed by atoms with Gasteiger partial charge in [-0.15, -0.1) is 11.3 Å². The SMILES string of the molecule is c1ccc2cc3c(cc2c1)c1ccccc1n3-c1ccc2c(cnc3c4ccccc4sc23)c1. The molecule has 3 aromatic heterocycles. The van der Waals surface area contributed by atoms with Gasteiger partial charge in [-0.3, -0.25) is 4.98 Å². The third-order valence-corrected chi connectivity index (χ3v) is 8.17. The Morgan fingerprint density at radius 1 is 0.559 bits per heavy atom. The van der Waals surface area contributed by atoms with Crippen molar-refractivity contribution in [3.8, 4) is 5.69 Å². The monoisotopic (exact) mass is 450 g/mol. The molecule has 8 aromatic rings. The van der Waals surface area contributed by atoms with Gasteiger partial charge in [0, 0.05) is 43.5 Å². The average molecular weight is 451 g/mol. The molecule has 0 bridgehead atoms. The van der Waals surface area contributed by atoms with Gasteiger partial charge in [0.25, 0.3) is 0 Å². The van der Waals surface area contributed by atoms with Crippen molar-refractivity contribution in [1.82, 2.24) is 9.55 Å². The molecule has 2 nitrogen and oxygen atoms in total. The molecule has 158 valence electrons. The molecular formula is C31H18N2S. The van der Waals surface area contributed by atoms with Crippen molar-refractivity contribution < 1.29 is 0 Å². The van der Waals surface area contributed by atoms with Crippen molar-refractivity contribution in [2.75, 3.05) is 0 Å². The molecule has 3 heterocycles. The first-order valence-electron chi connectivity index (χ1n) is 11.5. The van der Waals surface area contributed by atoms with Crippen LogP contribution in [-0.2, 0) is 0 Å². The Balaban J connectivity index is 1.46. The number of fused-ring (bicyclic) bond motifs is 9. The summed E-state index contributed by atoms with van der Waals surface area (Å²) in [6.07, 6.45) is 2.03. The molecule has 0 saturated heterocycles. The van der Waals surface area contributed by atoms with Crippen molar-refractivity contribution in [3.63, 3.8) is 0 Å². The summed E-state index contributed by atoms with van der Waals surface area (Å²) in [4.78, 5) is 4.89. The number of para-hydroxylation sites is 1. The average Bonchev–Trinajstić information content (AvgIpc) is 3.43. The summed E-state index contributed by atoms with van der Waals surface area (Å²) in [5.41, 5.74) is 4.72. The fraction of sp³-hybridized carbons (Fsp3) is 0. The van der Waals surface area contributed by atoms with E-state index in [0.717, 1.165) is 11.2 Å². The highest BCUT2D eigenvalue weighted by atomic mass is 32.1. The first-order valence-corrected chi connectivity index (χ1v) is 12.3. The summed E-state index contributed by atoms with van der Waals surface area (Å²) in [5, 5.41) is 8.77. The molecule has 0 radical (unpaired) electrons. The van der Waals surface area contributed by atoms with Gasteiger partial charge >= 0.3 is 0 Å². The van der Waals surface area contributed by atoms with E-state index in [1.807, 2.05) is 17.5 Å². The maximum Gasteiger partial charge on any atom is 0.0894 e. The summed E-state index contributed by atoms with van der Waals surface area (Å²) >= 11 is 1.83. The quantitative estimate of drug-likeness (QED) is 0.244.